The highest BCUT2D eigenvalue weighted by Crippen LogP contribution is 2.28. The van der Waals surface area contributed by atoms with E-state index in [-0.39, 0.29) is 11.7 Å². The van der Waals surface area contributed by atoms with Crippen molar-refractivity contribution >= 4 is 11.6 Å². The molecule has 0 aliphatic rings. The molecule has 0 saturated heterocycles. The first-order valence-corrected chi connectivity index (χ1v) is 7.04. The number of aryl methyl sites for hydroxylation is 1. The van der Waals surface area contributed by atoms with Crippen molar-refractivity contribution in [2.75, 3.05) is 19.0 Å². The van der Waals surface area contributed by atoms with Gasteiger partial charge in [-0.3, -0.25) is 4.79 Å². The minimum Gasteiger partial charge on any atom is -0.493 e. The van der Waals surface area contributed by atoms with Crippen LogP contribution in [-0.4, -0.2) is 19.6 Å². The molecule has 0 heterocycles. The number of ether oxygens (including phenoxy) is 2. The molecule has 4 nitrogen and oxygen atoms in total. The Morgan fingerprint density at radius 3 is 2.70 bits per heavy atom. The smallest absolute Gasteiger partial charge is 0.255 e. The zero-order valence-corrected chi connectivity index (χ0v) is 13.1. The summed E-state index contributed by atoms with van der Waals surface area (Å²) in [6.07, 6.45) is 1.62. The Hall–Kier alpha value is -2.82. The van der Waals surface area contributed by atoms with Crippen molar-refractivity contribution in [3.05, 3.63) is 66.0 Å². The summed E-state index contributed by atoms with van der Waals surface area (Å²) < 4.78 is 23.8. The number of carbonyl (C=O) groups excluding carboxylic acids is 1. The molecular weight excluding hydrogens is 297 g/mol. The van der Waals surface area contributed by atoms with Crippen LogP contribution in [0.15, 0.2) is 49.1 Å². The van der Waals surface area contributed by atoms with E-state index < -0.39 is 0 Å². The third kappa shape index (κ3) is 4.10. The number of hydrogen-bond acceptors (Lipinski definition) is 3. The van der Waals surface area contributed by atoms with Gasteiger partial charge in [0.25, 0.3) is 5.91 Å². The first kappa shape index (κ1) is 16.5. The highest BCUT2D eigenvalue weighted by atomic mass is 19.1. The van der Waals surface area contributed by atoms with Crippen LogP contribution in [-0.2, 0) is 0 Å². The van der Waals surface area contributed by atoms with Crippen molar-refractivity contribution in [2.24, 2.45) is 0 Å². The van der Waals surface area contributed by atoms with E-state index in [4.69, 9.17) is 9.47 Å². The van der Waals surface area contributed by atoms with E-state index in [2.05, 4.69) is 11.9 Å². The number of carbonyl (C=O) groups is 1. The van der Waals surface area contributed by atoms with E-state index >= 15 is 0 Å². The predicted molar refractivity (Wildman–Crippen MR) is 87.8 cm³/mol. The Balaban J connectivity index is 2.20. The van der Waals surface area contributed by atoms with Crippen LogP contribution in [0.5, 0.6) is 11.5 Å². The number of anilines is 1. The van der Waals surface area contributed by atoms with Crippen molar-refractivity contribution < 1.29 is 18.7 Å². The Morgan fingerprint density at radius 1 is 1.26 bits per heavy atom. The lowest BCUT2D eigenvalue weighted by Crippen LogP contribution is -2.13. The van der Waals surface area contributed by atoms with Crippen LogP contribution in [0.2, 0.25) is 0 Å². The van der Waals surface area contributed by atoms with Gasteiger partial charge in [0.05, 0.1) is 7.11 Å². The van der Waals surface area contributed by atoms with Gasteiger partial charge in [0, 0.05) is 11.3 Å². The molecule has 0 aliphatic carbocycles. The van der Waals surface area contributed by atoms with E-state index in [0.717, 1.165) is 0 Å². The second-order valence-corrected chi connectivity index (χ2v) is 4.88. The fourth-order valence-corrected chi connectivity index (χ4v) is 2.04. The van der Waals surface area contributed by atoms with Gasteiger partial charge < -0.3 is 14.8 Å². The average molecular weight is 315 g/mol. The molecule has 0 aliphatic heterocycles. The van der Waals surface area contributed by atoms with Gasteiger partial charge in [0.15, 0.2) is 11.5 Å². The summed E-state index contributed by atoms with van der Waals surface area (Å²) in [6.45, 7) is 5.65. The molecular formula is C18H18FNO3. The summed E-state index contributed by atoms with van der Waals surface area (Å²) in [5, 5.41) is 2.75. The largest absolute Gasteiger partial charge is 0.493 e. The SMILES string of the molecule is C=CCOc1ccc(C(=O)Nc2ccc(F)cc2C)cc1OC. The van der Waals surface area contributed by atoms with Gasteiger partial charge in [0.2, 0.25) is 0 Å². The number of hydrogen-bond donors (Lipinski definition) is 1. The molecule has 0 unspecified atom stereocenters. The lowest BCUT2D eigenvalue weighted by Gasteiger charge is -2.12. The van der Waals surface area contributed by atoms with Crippen LogP contribution >= 0.6 is 0 Å². The van der Waals surface area contributed by atoms with Crippen molar-refractivity contribution in [2.45, 2.75) is 6.92 Å². The second kappa shape index (κ2) is 7.45. The summed E-state index contributed by atoms with van der Waals surface area (Å²) in [5.41, 5.74) is 1.62. The third-order valence-electron chi connectivity index (χ3n) is 3.22. The second-order valence-electron chi connectivity index (χ2n) is 4.88. The van der Waals surface area contributed by atoms with Gasteiger partial charge >= 0.3 is 0 Å². The number of amides is 1. The molecule has 5 heteroatoms. The molecule has 1 N–H and O–H groups in total. The predicted octanol–water partition coefficient (Wildman–Crippen LogP) is 3.96. The van der Waals surface area contributed by atoms with Crippen LogP contribution < -0.4 is 14.8 Å². The van der Waals surface area contributed by atoms with E-state index in [1.807, 2.05) is 0 Å². The molecule has 1 amide bonds. The van der Waals surface area contributed by atoms with Crippen LogP contribution in [0, 0.1) is 12.7 Å². The van der Waals surface area contributed by atoms with Crippen LogP contribution in [0.25, 0.3) is 0 Å². The first-order valence-electron chi connectivity index (χ1n) is 7.04. The highest BCUT2D eigenvalue weighted by Gasteiger charge is 2.12. The van der Waals surface area contributed by atoms with Crippen molar-refractivity contribution in [3.8, 4) is 11.5 Å². The number of methoxy groups -OCH3 is 1. The quantitative estimate of drug-likeness (QED) is 0.821. The number of rotatable bonds is 6. The molecule has 2 aromatic carbocycles. The molecule has 2 rings (SSSR count). The van der Waals surface area contributed by atoms with Crippen molar-refractivity contribution in [1.82, 2.24) is 0 Å². The Bertz CT molecular complexity index is 728. The summed E-state index contributed by atoms with van der Waals surface area (Å²) in [5.74, 6) is 0.330. The number of nitrogens with one attached hydrogen (secondary N) is 1. The Labute approximate surface area is 134 Å². The fraction of sp³-hybridized carbons (Fsp3) is 0.167. The lowest BCUT2D eigenvalue weighted by molar-refractivity contribution is 0.102. The summed E-state index contributed by atoms with van der Waals surface area (Å²) in [6, 6.07) is 9.08. The summed E-state index contributed by atoms with van der Waals surface area (Å²) >= 11 is 0. The van der Waals surface area contributed by atoms with E-state index in [9.17, 15) is 9.18 Å². The highest BCUT2D eigenvalue weighted by molar-refractivity contribution is 6.05. The maximum absolute atomic E-state index is 13.1. The van der Waals surface area contributed by atoms with Crippen LogP contribution in [0.3, 0.4) is 0 Å². The normalized spacial score (nSPS) is 10.0. The zero-order chi connectivity index (χ0) is 16.8. The molecule has 0 bridgehead atoms. The Morgan fingerprint density at radius 2 is 2.04 bits per heavy atom. The molecule has 0 saturated carbocycles. The minimum absolute atomic E-state index is 0.312. The van der Waals surface area contributed by atoms with E-state index in [1.54, 1.807) is 31.2 Å². The summed E-state index contributed by atoms with van der Waals surface area (Å²) in [4.78, 5) is 12.3. The molecule has 0 spiro atoms. The molecule has 2 aromatic rings. The first-order chi connectivity index (χ1) is 11.0. The van der Waals surface area contributed by atoms with Crippen LogP contribution in [0.4, 0.5) is 10.1 Å². The van der Waals surface area contributed by atoms with Crippen molar-refractivity contribution in [1.29, 1.82) is 0 Å². The zero-order valence-electron chi connectivity index (χ0n) is 13.1. The third-order valence-corrected chi connectivity index (χ3v) is 3.22. The van der Waals surface area contributed by atoms with E-state index in [0.29, 0.717) is 34.9 Å². The molecule has 0 fully saturated rings. The maximum Gasteiger partial charge on any atom is 0.255 e. The van der Waals surface area contributed by atoms with Gasteiger partial charge in [-0.25, -0.2) is 4.39 Å². The van der Waals surface area contributed by atoms with Gasteiger partial charge in [-0.15, -0.1) is 0 Å². The number of halogens is 1. The number of benzene rings is 2. The fourth-order valence-electron chi connectivity index (χ4n) is 2.04. The van der Waals surface area contributed by atoms with Gasteiger partial charge in [-0.1, -0.05) is 12.7 Å². The molecule has 120 valence electrons. The van der Waals surface area contributed by atoms with Gasteiger partial charge in [0.1, 0.15) is 12.4 Å². The average Bonchev–Trinajstić information content (AvgIpc) is 2.55. The minimum atomic E-state index is -0.342. The van der Waals surface area contributed by atoms with Crippen molar-refractivity contribution in [3.63, 3.8) is 0 Å². The molecule has 0 radical (unpaired) electrons. The molecule has 0 atom stereocenters. The maximum atomic E-state index is 13.1. The molecule has 23 heavy (non-hydrogen) atoms. The van der Waals surface area contributed by atoms with Gasteiger partial charge in [-0.05, 0) is 48.9 Å². The Kier molecular flexibility index (Phi) is 5.36. The van der Waals surface area contributed by atoms with E-state index in [1.165, 1.54) is 25.3 Å². The molecule has 0 aromatic heterocycles. The monoisotopic (exact) mass is 315 g/mol. The summed E-state index contributed by atoms with van der Waals surface area (Å²) in [7, 11) is 1.50. The topological polar surface area (TPSA) is 47.6 Å². The lowest BCUT2D eigenvalue weighted by atomic mass is 10.1. The van der Waals surface area contributed by atoms with Gasteiger partial charge in [-0.2, -0.15) is 0 Å². The van der Waals surface area contributed by atoms with Crippen LogP contribution in [0.1, 0.15) is 15.9 Å². The standard InChI is InChI=1S/C18H18FNO3/c1-4-9-23-16-8-5-13(11-17(16)22-3)18(21)20-15-7-6-14(19)10-12(15)2/h4-8,10-11H,1,9H2,2-3H3,(H,20,21).